The first-order chi connectivity index (χ1) is 18.3. The minimum atomic E-state index is -4.44. The van der Waals surface area contributed by atoms with Gasteiger partial charge in [0, 0.05) is 57.1 Å². The maximum atomic E-state index is 13.6. The van der Waals surface area contributed by atoms with Crippen LogP contribution in [0.1, 0.15) is 17.5 Å². The summed E-state index contributed by atoms with van der Waals surface area (Å²) in [6.07, 6.45) is -3.65. The number of pyridine rings is 1. The van der Waals surface area contributed by atoms with E-state index in [1.165, 1.54) is 6.07 Å². The van der Waals surface area contributed by atoms with Crippen molar-refractivity contribution in [2.24, 2.45) is 0 Å². The lowest BCUT2D eigenvalue weighted by Crippen LogP contribution is -2.48. The molecule has 3 aliphatic heterocycles. The number of halogens is 3. The standard InChI is InChI=1S/C28H29F3N6O/c29-28(30,31)21-5-2-4-20(16-21)24-7-8-25-26(34-24)37(23-9-12-36(25)18-23)27(38)33-22-6-1-3-19(15-22)17-35-13-10-32-11-14-35/h1-8,15-16,23,32H,9-14,17-18H2,(H,33,38)/t23-/m0/s1. The van der Waals surface area contributed by atoms with Crippen LogP contribution in [-0.2, 0) is 12.7 Å². The molecule has 2 amide bonds. The van der Waals surface area contributed by atoms with Crippen LogP contribution in [0.5, 0.6) is 0 Å². The van der Waals surface area contributed by atoms with E-state index in [0.717, 1.165) is 69.1 Å². The van der Waals surface area contributed by atoms with Crippen LogP contribution in [-0.4, -0.2) is 61.2 Å². The van der Waals surface area contributed by atoms with Crippen molar-refractivity contribution in [2.75, 3.05) is 54.4 Å². The molecule has 0 saturated carbocycles. The summed E-state index contributed by atoms with van der Waals surface area (Å²) >= 11 is 0. The zero-order chi connectivity index (χ0) is 26.3. The molecule has 0 spiro atoms. The smallest absolute Gasteiger partial charge is 0.366 e. The summed E-state index contributed by atoms with van der Waals surface area (Å²) in [4.78, 5) is 24.6. The molecule has 3 aromatic rings. The van der Waals surface area contributed by atoms with E-state index in [4.69, 9.17) is 4.98 Å². The molecule has 0 radical (unpaired) electrons. The van der Waals surface area contributed by atoms with Gasteiger partial charge in [-0.2, -0.15) is 13.2 Å². The van der Waals surface area contributed by atoms with Gasteiger partial charge in [0.2, 0.25) is 0 Å². The van der Waals surface area contributed by atoms with Gasteiger partial charge in [-0.1, -0.05) is 24.3 Å². The lowest BCUT2D eigenvalue weighted by molar-refractivity contribution is -0.137. The lowest BCUT2D eigenvalue weighted by atomic mass is 10.1. The minimum Gasteiger partial charge on any atom is -0.366 e. The summed E-state index contributed by atoms with van der Waals surface area (Å²) in [5, 5.41) is 6.41. The SMILES string of the molecule is O=C(Nc1cccc(CN2CCNCC2)c1)N1c2nc(-c3cccc(C(F)(F)F)c3)ccc2N2CC[C@H]1C2. The molecule has 2 N–H and O–H groups in total. The Balaban J connectivity index is 1.27. The third-order valence-corrected chi connectivity index (χ3v) is 7.45. The van der Waals surface area contributed by atoms with E-state index < -0.39 is 11.7 Å². The third-order valence-electron chi connectivity index (χ3n) is 7.45. The van der Waals surface area contributed by atoms with E-state index in [1.807, 2.05) is 24.3 Å². The number of amides is 2. The number of urea groups is 1. The number of hydrogen-bond donors (Lipinski definition) is 2. The lowest BCUT2D eigenvalue weighted by Gasteiger charge is -2.36. The first kappa shape index (κ1) is 24.7. The first-order valence-corrected chi connectivity index (χ1v) is 12.9. The number of rotatable bonds is 4. The Bertz CT molecular complexity index is 1340. The van der Waals surface area contributed by atoms with Crippen LogP contribution < -0.4 is 20.4 Å². The van der Waals surface area contributed by atoms with Crippen molar-refractivity contribution in [2.45, 2.75) is 25.2 Å². The first-order valence-electron chi connectivity index (χ1n) is 12.9. The summed E-state index contributed by atoms with van der Waals surface area (Å²) < 4.78 is 39.9. The Kier molecular flexibility index (Phi) is 6.45. The van der Waals surface area contributed by atoms with Crippen LogP contribution in [0.4, 0.5) is 35.2 Å². The van der Waals surface area contributed by atoms with Crippen LogP contribution in [0.3, 0.4) is 0 Å². The Morgan fingerprint density at radius 2 is 1.84 bits per heavy atom. The zero-order valence-corrected chi connectivity index (χ0v) is 20.8. The molecular weight excluding hydrogens is 493 g/mol. The quantitative estimate of drug-likeness (QED) is 0.515. The van der Waals surface area contributed by atoms with Gasteiger partial charge in [0.15, 0.2) is 5.82 Å². The van der Waals surface area contributed by atoms with E-state index in [-0.39, 0.29) is 12.1 Å². The minimum absolute atomic E-state index is 0.0595. The predicted octanol–water partition coefficient (Wildman–Crippen LogP) is 4.80. The normalized spacial score (nSPS) is 19.4. The van der Waals surface area contributed by atoms with E-state index in [0.29, 0.717) is 29.3 Å². The summed E-state index contributed by atoms with van der Waals surface area (Å²) in [6, 6.07) is 16.2. The van der Waals surface area contributed by atoms with Crippen LogP contribution in [0, 0.1) is 0 Å². The van der Waals surface area contributed by atoms with Crippen molar-refractivity contribution < 1.29 is 18.0 Å². The van der Waals surface area contributed by atoms with Crippen LogP contribution in [0.25, 0.3) is 11.3 Å². The fourth-order valence-electron chi connectivity index (χ4n) is 5.55. The molecule has 1 aromatic heterocycles. The fraction of sp³-hybridized carbons (Fsp3) is 0.357. The highest BCUT2D eigenvalue weighted by molar-refractivity contribution is 6.04. The average molecular weight is 523 g/mol. The van der Waals surface area contributed by atoms with Gasteiger partial charge in [-0.05, 0) is 48.4 Å². The van der Waals surface area contributed by atoms with Gasteiger partial charge in [0.25, 0.3) is 0 Å². The van der Waals surface area contributed by atoms with Crippen LogP contribution in [0.2, 0.25) is 0 Å². The number of anilines is 3. The molecule has 2 bridgehead atoms. The Morgan fingerprint density at radius 1 is 1.03 bits per heavy atom. The highest BCUT2D eigenvalue weighted by atomic mass is 19.4. The van der Waals surface area contributed by atoms with E-state index in [9.17, 15) is 18.0 Å². The highest BCUT2D eigenvalue weighted by Gasteiger charge is 2.40. The largest absolute Gasteiger partial charge is 0.416 e. The van der Waals surface area contributed by atoms with Gasteiger partial charge in [-0.3, -0.25) is 9.80 Å². The van der Waals surface area contributed by atoms with Crippen molar-refractivity contribution in [3.8, 4) is 11.3 Å². The number of carbonyl (C=O) groups excluding carboxylic acids is 1. The second-order valence-corrected chi connectivity index (χ2v) is 10.0. The van der Waals surface area contributed by atoms with Gasteiger partial charge in [-0.15, -0.1) is 0 Å². The summed E-state index contributed by atoms with van der Waals surface area (Å²) in [5.41, 5.74) is 2.68. The van der Waals surface area contributed by atoms with Crippen molar-refractivity contribution in [1.29, 1.82) is 0 Å². The second-order valence-electron chi connectivity index (χ2n) is 10.0. The summed E-state index contributed by atoms with van der Waals surface area (Å²) in [5.74, 6) is 0.475. The van der Waals surface area contributed by atoms with Gasteiger partial charge >= 0.3 is 12.2 Å². The molecule has 3 aliphatic rings. The monoisotopic (exact) mass is 522 g/mol. The Morgan fingerprint density at radius 3 is 2.66 bits per heavy atom. The number of nitrogens with one attached hydrogen (secondary N) is 2. The maximum Gasteiger partial charge on any atom is 0.416 e. The van der Waals surface area contributed by atoms with E-state index in [1.54, 1.807) is 17.0 Å². The third kappa shape index (κ3) is 4.93. The van der Waals surface area contributed by atoms with Crippen molar-refractivity contribution in [1.82, 2.24) is 15.2 Å². The molecular formula is C28H29F3N6O. The second kappa shape index (κ2) is 9.92. The molecule has 0 unspecified atom stereocenters. The number of piperazine rings is 1. The number of fused-ring (bicyclic) bond motifs is 4. The summed E-state index contributed by atoms with van der Waals surface area (Å²) in [7, 11) is 0. The van der Waals surface area contributed by atoms with Crippen molar-refractivity contribution >= 4 is 23.2 Å². The molecule has 6 rings (SSSR count). The number of benzene rings is 2. The molecule has 7 nitrogen and oxygen atoms in total. The van der Waals surface area contributed by atoms with Crippen molar-refractivity contribution in [3.63, 3.8) is 0 Å². The topological polar surface area (TPSA) is 63.7 Å². The van der Waals surface area contributed by atoms with E-state index in [2.05, 4.69) is 26.5 Å². The molecule has 4 heterocycles. The van der Waals surface area contributed by atoms with Crippen molar-refractivity contribution in [3.05, 3.63) is 71.8 Å². The molecule has 2 saturated heterocycles. The molecule has 10 heteroatoms. The molecule has 198 valence electrons. The number of alkyl halides is 3. The van der Waals surface area contributed by atoms with Gasteiger partial charge < -0.3 is 15.5 Å². The van der Waals surface area contributed by atoms with Gasteiger partial charge in [0.05, 0.1) is 23.0 Å². The molecule has 0 aliphatic carbocycles. The zero-order valence-electron chi connectivity index (χ0n) is 20.8. The summed E-state index contributed by atoms with van der Waals surface area (Å²) in [6.45, 7) is 6.23. The number of carbonyl (C=O) groups is 1. The van der Waals surface area contributed by atoms with E-state index >= 15 is 0 Å². The molecule has 2 fully saturated rings. The number of hydrogen-bond acceptors (Lipinski definition) is 5. The average Bonchev–Trinajstić information content (AvgIpc) is 3.33. The predicted molar refractivity (Wildman–Crippen MR) is 141 cm³/mol. The van der Waals surface area contributed by atoms with Crippen LogP contribution >= 0.6 is 0 Å². The number of nitrogens with zero attached hydrogens (tertiary/aromatic N) is 4. The van der Waals surface area contributed by atoms with Gasteiger partial charge in [-0.25, -0.2) is 9.78 Å². The molecule has 2 aromatic carbocycles. The Labute approximate surface area is 219 Å². The fourth-order valence-corrected chi connectivity index (χ4v) is 5.55. The molecule has 38 heavy (non-hydrogen) atoms. The van der Waals surface area contributed by atoms with Gasteiger partial charge in [0.1, 0.15) is 0 Å². The Hall–Kier alpha value is -3.63. The number of aromatic nitrogens is 1. The molecule has 1 atom stereocenters. The maximum absolute atomic E-state index is 13.6. The highest BCUT2D eigenvalue weighted by Crippen LogP contribution is 2.41. The van der Waals surface area contributed by atoms with Crippen LogP contribution in [0.15, 0.2) is 60.7 Å².